The Morgan fingerprint density at radius 3 is 0.875 bits per heavy atom. The minimum Gasteiger partial charge on any atom is -0.462 e. The number of hydrogen-bond donors (Lipinski definition) is 0. The van der Waals surface area contributed by atoms with Gasteiger partial charge in [0.25, 0.3) is 0 Å². The SMILES string of the molecule is CCCCCCCCCCCCCCC(=O)OC[C@@H](COC(=O)CCCCCCCCCCCCCCCC(C)C)OC(=O)CCCCCCCCCC(C)C. The van der Waals surface area contributed by atoms with Crippen LogP contribution in [-0.2, 0) is 28.6 Å². The summed E-state index contributed by atoms with van der Waals surface area (Å²) in [5.41, 5.74) is 0. The molecule has 0 spiro atoms. The van der Waals surface area contributed by atoms with E-state index in [0.29, 0.717) is 19.3 Å². The van der Waals surface area contributed by atoms with Crippen LogP contribution in [0.4, 0.5) is 0 Å². The molecule has 0 aromatic rings. The zero-order chi connectivity index (χ0) is 41.2. The van der Waals surface area contributed by atoms with Crippen molar-refractivity contribution in [3.63, 3.8) is 0 Å². The molecular formula is C50H96O6. The van der Waals surface area contributed by atoms with Crippen molar-refractivity contribution in [3.8, 4) is 0 Å². The molecular weight excluding hydrogens is 697 g/mol. The fraction of sp³-hybridized carbons (Fsp3) is 0.940. The van der Waals surface area contributed by atoms with Crippen LogP contribution in [0.15, 0.2) is 0 Å². The first-order valence-electron chi connectivity index (χ1n) is 24.7. The molecule has 0 saturated carbocycles. The molecule has 0 aliphatic rings. The number of rotatable bonds is 44. The maximum absolute atomic E-state index is 12.7. The third kappa shape index (κ3) is 43.5. The van der Waals surface area contributed by atoms with Gasteiger partial charge < -0.3 is 14.2 Å². The Kier molecular flexibility index (Phi) is 41.8. The van der Waals surface area contributed by atoms with Gasteiger partial charge in [-0.05, 0) is 31.1 Å². The van der Waals surface area contributed by atoms with Crippen LogP contribution in [0.1, 0.15) is 272 Å². The van der Waals surface area contributed by atoms with Gasteiger partial charge in [0, 0.05) is 19.3 Å². The maximum Gasteiger partial charge on any atom is 0.306 e. The van der Waals surface area contributed by atoms with Crippen LogP contribution < -0.4 is 0 Å². The molecule has 6 nitrogen and oxygen atoms in total. The van der Waals surface area contributed by atoms with Crippen molar-refractivity contribution in [3.05, 3.63) is 0 Å². The van der Waals surface area contributed by atoms with Gasteiger partial charge in [-0.25, -0.2) is 0 Å². The summed E-state index contributed by atoms with van der Waals surface area (Å²) in [6.07, 6.45) is 42.4. The zero-order valence-corrected chi connectivity index (χ0v) is 38.3. The Balaban J connectivity index is 4.28. The summed E-state index contributed by atoms with van der Waals surface area (Å²) in [6, 6.07) is 0. The lowest BCUT2D eigenvalue weighted by atomic mass is 10.0. The van der Waals surface area contributed by atoms with Crippen LogP contribution in [0.3, 0.4) is 0 Å². The van der Waals surface area contributed by atoms with Crippen molar-refractivity contribution in [1.82, 2.24) is 0 Å². The first kappa shape index (κ1) is 54.4. The minimum absolute atomic E-state index is 0.0647. The fourth-order valence-electron chi connectivity index (χ4n) is 7.46. The molecule has 0 aromatic carbocycles. The summed E-state index contributed by atoms with van der Waals surface area (Å²) in [5, 5.41) is 0. The van der Waals surface area contributed by atoms with E-state index in [0.717, 1.165) is 69.6 Å². The van der Waals surface area contributed by atoms with E-state index in [1.807, 2.05) is 0 Å². The van der Waals surface area contributed by atoms with Gasteiger partial charge in [-0.2, -0.15) is 0 Å². The van der Waals surface area contributed by atoms with E-state index in [9.17, 15) is 14.4 Å². The minimum atomic E-state index is -0.761. The molecule has 1 atom stereocenters. The first-order valence-corrected chi connectivity index (χ1v) is 24.7. The Morgan fingerprint density at radius 1 is 0.339 bits per heavy atom. The lowest BCUT2D eigenvalue weighted by Gasteiger charge is -2.18. The number of hydrogen-bond acceptors (Lipinski definition) is 6. The van der Waals surface area contributed by atoms with E-state index >= 15 is 0 Å². The van der Waals surface area contributed by atoms with Crippen LogP contribution in [0, 0.1) is 11.8 Å². The van der Waals surface area contributed by atoms with Gasteiger partial charge in [-0.15, -0.1) is 0 Å². The smallest absolute Gasteiger partial charge is 0.306 e. The molecule has 0 aliphatic heterocycles. The largest absolute Gasteiger partial charge is 0.462 e. The number of esters is 3. The van der Waals surface area contributed by atoms with E-state index in [1.54, 1.807) is 0 Å². The van der Waals surface area contributed by atoms with Gasteiger partial charge in [0.1, 0.15) is 13.2 Å². The average molecular weight is 793 g/mol. The van der Waals surface area contributed by atoms with Crippen LogP contribution in [0.2, 0.25) is 0 Å². The lowest BCUT2D eigenvalue weighted by Crippen LogP contribution is -2.30. The Labute approximate surface area is 348 Å². The van der Waals surface area contributed by atoms with Crippen molar-refractivity contribution in [2.24, 2.45) is 11.8 Å². The molecule has 0 rings (SSSR count). The van der Waals surface area contributed by atoms with Gasteiger partial charge in [0.05, 0.1) is 0 Å². The van der Waals surface area contributed by atoms with Crippen molar-refractivity contribution in [2.75, 3.05) is 13.2 Å². The summed E-state index contributed by atoms with van der Waals surface area (Å²) in [5.74, 6) is 0.763. The monoisotopic (exact) mass is 793 g/mol. The van der Waals surface area contributed by atoms with Crippen LogP contribution in [0.5, 0.6) is 0 Å². The van der Waals surface area contributed by atoms with Crippen molar-refractivity contribution in [1.29, 1.82) is 0 Å². The highest BCUT2D eigenvalue weighted by Crippen LogP contribution is 2.17. The molecule has 332 valence electrons. The molecule has 0 amide bonds. The van der Waals surface area contributed by atoms with Crippen LogP contribution in [-0.4, -0.2) is 37.2 Å². The predicted molar refractivity (Wildman–Crippen MR) is 238 cm³/mol. The molecule has 56 heavy (non-hydrogen) atoms. The van der Waals surface area contributed by atoms with Crippen molar-refractivity contribution >= 4 is 17.9 Å². The third-order valence-corrected chi connectivity index (χ3v) is 11.2. The molecule has 0 aromatic heterocycles. The quantitative estimate of drug-likeness (QED) is 0.0347. The summed E-state index contributed by atoms with van der Waals surface area (Å²) >= 11 is 0. The molecule has 0 N–H and O–H groups in total. The topological polar surface area (TPSA) is 78.9 Å². The second kappa shape index (κ2) is 43.0. The summed E-state index contributed by atoms with van der Waals surface area (Å²) < 4.78 is 16.8. The maximum atomic E-state index is 12.7. The Hall–Kier alpha value is -1.59. The number of unbranched alkanes of at least 4 members (excludes halogenated alkanes) is 29. The van der Waals surface area contributed by atoms with Gasteiger partial charge in [0.15, 0.2) is 6.10 Å². The number of ether oxygens (including phenoxy) is 3. The predicted octanol–water partition coefficient (Wildman–Crippen LogP) is 15.8. The normalized spacial score (nSPS) is 12.1. The molecule has 0 radical (unpaired) electrons. The van der Waals surface area contributed by atoms with Gasteiger partial charge in [0.2, 0.25) is 0 Å². The highest BCUT2D eigenvalue weighted by Gasteiger charge is 2.19. The molecule has 6 heteroatoms. The molecule has 0 fully saturated rings. The van der Waals surface area contributed by atoms with Crippen molar-refractivity contribution < 1.29 is 28.6 Å². The molecule has 0 heterocycles. The van der Waals surface area contributed by atoms with Crippen LogP contribution in [0.25, 0.3) is 0 Å². The molecule has 0 unspecified atom stereocenters. The Bertz CT molecular complexity index is 854. The van der Waals surface area contributed by atoms with E-state index in [2.05, 4.69) is 34.6 Å². The second-order valence-corrected chi connectivity index (χ2v) is 18.1. The van der Waals surface area contributed by atoms with E-state index in [4.69, 9.17) is 14.2 Å². The summed E-state index contributed by atoms with van der Waals surface area (Å²) in [4.78, 5) is 37.8. The molecule has 0 aliphatic carbocycles. The second-order valence-electron chi connectivity index (χ2n) is 18.1. The standard InChI is InChI=1S/C50H96O6/c1-6-7-8-9-10-11-12-17-20-25-30-35-40-48(51)54-43-47(56-50(53)42-37-32-27-22-24-29-34-39-46(4)5)44-55-49(52)41-36-31-26-21-18-15-13-14-16-19-23-28-33-38-45(2)3/h45-47H,6-44H2,1-5H3/t47-/m0/s1. The van der Waals surface area contributed by atoms with Crippen molar-refractivity contribution in [2.45, 2.75) is 278 Å². The summed E-state index contributed by atoms with van der Waals surface area (Å²) in [7, 11) is 0. The first-order chi connectivity index (χ1) is 27.2. The van der Waals surface area contributed by atoms with Crippen LogP contribution >= 0.6 is 0 Å². The average Bonchev–Trinajstić information content (AvgIpc) is 3.16. The fourth-order valence-corrected chi connectivity index (χ4v) is 7.46. The van der Waals surface area contributed by atoms with E-state index in [-0.39, 0.29) is 31.1 Å². The van der Waals surface area contributed by atoms with Gasteiger partial charge in [-0.1, -0.05) is 234 Å². The lowest BCUT2D eigenvalue weighted by molar-refractivity contribution is -0.167. The number of carbonyl (C=O) groups is 3. The molecule has 0 bridgehead atoms. The zero-order valence-electron chi connectivity index (χ0n) is 38.3. The van der Waals surface area contributed by atoms with Gasteiger partial charge in [-0.3, -0.25) is 14.4 Å². The van der Waals surface area contributed by atoms with E-state index < -0.39 is 6.10 Å². The summed E-state index contributed by atoms with van der Waals surface area (Å²) in [6.45, 7) is 11.3. The highest BCUT2D eigenvalue weighted by atomic mass is 16.6. The number of carbonyl (C=O) groups excluding carboxylic acids is 3. The molecule has 0 saturated heterocycles. The highest BCUT2D eigenvalue weighted by molar-refractivity contribution is 5.71. The van der Waals surface area contributed by atoms with E-state index in [1.165, 1.54) is 161 Å². The third-order valence-electron chi connectivity index (χ3n) is 11.2. The van der Waals surface area contributed by atoms with Gasteiger partial charge >= 0.3 is 17.9 Å². The Morgan fingerprint density at radius 2 is 0.589 bits per heavy atom.